The van der Waals surface area contributed by atoms with Gasteiger partial charge in [0.25, 0.3) is 0 Å². The van der Waals surface area contributed by atoms with Crippen LogP contribution in [0.3, 0.4) is 0 Å². The van der Waals surface area contributed by atoms with Crippen LogP contribution in [0, 0.1) is 11.3 Å². The smallest absolute Gasteiger partial charge is 0.162 e. The summed E-state index contributed by atoms with van der Waals surface area (Å²) in [6.07, 6.45) is 6.24. The van der Waals surface area contributed by atoms with Crippen LogP contribution in [0.1, 0.15) is 11.1 Å². The van der Waals surface area contributed by atoms with E-state index in [1.165, 1.54) is 0 Å². The molecule has 0 atom stereocenters. The lowest BCUT2D eigenvalue weighted by atomic mass is 10.2. The van der Waals surface area contributed by atoms with E-state index in [4.69, 9.17) is 5.26 Å². The maximum absolute atomic E-state index is 10.9. The third-order valence-electron chi connectivity index (χ3n) is 3.26. The predicted molar refractivity (Wildman–Crippen MR) is 92.1 cm³/mol. The van der Waals surface area contributed by atoms with Gasteiger partial charge in [0.2, 0.25) is 0 Å². The topological polar surface area (TPSA) is 44.1 Å². The van der Waals surface area contributed by atoms with Crippen molar-refractivity contribution >= 4 is 12.4 Å². The monoisotopic (exact) mass is 302 g/mol. The summed E-state index contributed by atoms with van der Waals surface area (Å²) in [5, 5.41) is 8.95. The van der Waals surface area contributed by atoms with Crippen LogP contribution in [0.25, 0.3) is 6.08 Å². The van der Waals surface area contributed by atoms with E-state index in [9.17, 15) is 4.79 Å². The first-order valence-corrected chi connectivity index (χ1v) is 7.38. The first-order chi connectivity index (χ1) is 11.3. The Morgan fingerprint density at radius 1 is 1.04 bits per heavy atom. The number of benzene rings is 2. The fourth-order valence-corrected chi connectivity index (χ4v) is 2.15. The van der Waals surface area contributed by atoms with Gasteiger partial charge in [-0.25, -0.2) is 0 Å². The third-order valence-corrected chi connectivity index (χ3v) is 3.26. The highest BCUT2D eigenvalue weighted by molar-refractivity contribution is 5.78. The lowest BCUT2D eigenvalue weighted by molar-refractivity contribution is -0.104. The van der Waals surface area contributed by atoms with E-state index in [1.807, 2.05) is 83.8 Å². The second kappa shape index (κ2) is 9.01. The molecule has 114 valence electrons. The molecule has 0 aliphatic carbocycles. The molecule has 0 amide bonds. The Morgan fingerprint density at radius 3 is 2.30 bits per heavy atom. The number of hydrogen-bond donors (Lipinski definition) is 0. The SMILES string of the molecule is N#CC(C=O)=CN(C/C=C/c1ccccc1)Cc1ccccc1. The molecule has 23 heavy (non-hydrogen) atoms. The molecule has 0 aromatic heterocycles. The van der Waals surface area contributed by atoms with Crippen molar-refractivity contribution in [3.05, 3.63) is 89.6 Å². The molecule has 0 N–H and O–H groups in total. The molecule has 0 heterocycles. The summed E-state index contributed by atoms with van der Waals surface area (Å²) in [7, 11) is 0. The molecule has 2 rings (SSSR count). The van der Waals surface area contributed by atoms with E-state index in [2.05, 4.69) is 0 Å². The van der Waals surface area contributed by atoms with Crippen LogP contribution in [0.15, 0.2) is 78.5 Å². The van der Waals surface area contributed by atoms with Crippen molar-refractivity contribution in [2.24, 2.45) is 0 Å². The van der Waals surface area contributed by atoms with Gasteiger partial charge in [-0.3, -0.25) is 4.79 Å². The fraction of sp³-hybridized carbons (Fsp3) is 0.100. The molecule has 3 nitrogen and oxygen atoms in total. The van der Waals surface area contributed by atoms with Crippen molar-refractivity contribution in [2.75, 3.05) is 6.54 Å². The molecule has 0 saturated heterocycles. The maximum Gasteiger partial charge on any atom is 0.162 e. The van der Waals surface area contributed by atoms with Gasteiger partial charge >= 0.3 is 0 Å². The summed E-state index contributed by atoms with van der Waals surface area (Å²) < 4.78 is 0. The standard InChI is InChI=1S/C20H18N2O/c21-14-20(17-23)16-22(15-19-10-5-2-6-11-19)13-7-12-18-8-3-1-4-9-18/h1-12,16-17H,13,15H2/b12-7+,20-16?. The van der Waals surface area contributed by atoms with Crippen molar-refractivity contribution < 1.29 is 4.79 Å². The summed E-state index contributed by atoms with van der Waals surface area (Å²) in [6, 6.07) is 21.9. The quantitative estimate of drug-likeness (QED) is 0.444. The molecule has 3 heteroatoms. The van der Waals surface area contributed by atoms with Crippen molar-refractivity contribution in [3.8, 4) is 6.07 Å². The molecule has 0 aliphatic heterocycles. The zero-order valence-corrected chi connectivity index (χ0v) is 12.8. The Balaban J connectivity index is 2.10. The molecule has 0 radical (unpaired) electrons. The summed E-state index contributed by atoms with van der Waals surface area (Å²) in [5.41, 5.74) is 2.36. The van der Waals surface area contributed by atoms with Crippen molar-refractivity contribution in [3.63, 3.8) is 0 Å². The number of aldehydes is 1. The van der Waals surface area contributed by atoms with Gasteiger partial charge in [0.1, 0.15) is 11.6 Å². The van der Waals surface area contributed by atoms with E-state index < -0.39 is 0 Å². The molecule has 0 unspecified atom stereocenters. The van der Waals surface area contributed by atoms with Crippen LogP contribution in [-0.2, 0) is 11.3 Å². The minimum absolute atomic E-state index is 0.119. The van der Waals surface area contributed by atoms with Gasteiger partial charge in [-0.15, -0.1) is 0 Å². The highest BCUT2D eigenvalue weighted by atomic mass is 16.1. The van der Waals surface area contributed by atoms with Gasteiger partial charge in [-0.1, -0.05) is 72.8 Å². The molecule has 0 spiro atoms. The number of rotatable bonds is 7. The second-order valence-corrected chi connectivity index (χ2v) is 5.04. The average Bonchev–Trinajstić information content (AvgIpc) is 2.61. The lowest BCUT2D eigenvalue weighted by Crippen LogP contribution is -2.17. The summed E-state index contributed by atoms with van der Waals surface area (Å²) in [4.78, 5) is 12.8. The van der Waals surface area contributed by atoms with Crippen LogP contribution in [0.4, 0.5) is 0 Å². The molecule has 0 aliphatic rings. The van der Waals surface area contributed by atoms with Gasteiger partial charge in [-0.2, -0.15) is 5.26 Å². The number of carbonyl (C=O) groups excluding carboxylic acids is 1. The van der Waals surface area contributed by atoms with Crippen LogP contribution >= 0.6 is 0 Å². The second-order valence-electron chi connectivity index (χ2n) is 5.04. The first kappa shape index (κ1) is 16.3. The van der Waals surface area contributed by atoms with Crippen molar-refractivity contribution in [1.82, 2.24) is 4.90 Å². The van der Waals surface area contributed by atoms with Crippen LogP contribution in [0.2, 0.25) is 0 Å². The molecule has 0 bridgehead atoms. The maximum atomic E-state index is 10.9. The van der Waals surface area contributed by atoms with Crippen LogP contribution in [-0.4, -0.2) is 17.7 Å². The van der Waals surface area contributed by atoms with Crippen LogP contribution < -0.4 is 0 Å². The van der Waals surface area contributed by atoms with E-state index in [-0.39, 0.29) is 5.57 Å². The van der Waals surface area contributed by atoms with E-state index in [1.54, 1.807) is 6.20 Å². The Bertz CT molecular complexity index is 712. The summed E-state index contributed by atoms with van der Waals surface area (Å²) in [5.74, 6) is 0. The minimum Gasteiger partial charge on any atom is -0.368 e. The third kappa shape index (κ3) is 5.64. The zero-order chi connectivity index (χ0) is 16.3. The van der Waals surface area contributed by atoms with E-state index in [0.717, 1.165) is 11.1 Å². The van der Waals surface area contributed by atoms with Gasteiger partial charge in [-0.05, 0) is 11.1 Å². The Kier molecular flexibility index (Phi) is 6.37. The van der Waals surface area contributed by atoms with Crippen LogP contribution in [0.5, 0.6) is 0 Å². The molecule has 0 fully saturated rings. The Hall–Kier alpha value is -3.12. The fourth-order valence-electron chi connectivity index (χ4n) is 2.15. The number of nitriles is 1. The van der Waals surface area contributed by atoms with Crippen molar-refractivity contribution in [2.45, 2.75) is 6.54 Å². The number of allylic oxidation sites excluding steroid dienone is 1. The first-order valence-electron chi connectivity index (χ1n) is 7.38. The summed E-state index contributed by atoms with van der Waals surface area (Å²) >= 11 is 0. The van der Waals surface area contributed by atoms with Gasteiger partial charge in [0.15, 0.2) is 6.29 Å². The Labute approximate surface area is 136 Å². The Morgan fingerprint density at radius 2 is 1.70 bits per heavy atom. The highest BCUT2D eigenvalue weighted by Gasteiger charge is 2.02. The zero-order valence-electron chi connectivity index (χ0n) is 12.8. The molecule has 0 saturated carbocycles. The van der Waals surface area contributed by atoms with Gasteiger partial charge in [0.05, 0.1) is 0 Å². The molecular weight excluding hydrogens is 284 g/mol. The normalized spacial score (nSPS) is 11.2. The van der Waals surface area contributed by atoms with E-state index >= 15 is 0 Å². The molecular formula is C20H18N2O. The number of carbonyl (C=O) groups is 1. The molecule has 2 aromatic carbocycles. The largest absolute Gasteiger partial charge is 0.368 e. The summed E-state index contributed by atoms with van der Waals surface area (Å²) in [6.45, 7) is 1.25. The number of hydrogen-bond acceptors (Lipinski definition) is 3. The lowest BCUT2D eigenvalue weighted by Gasteiger charge is -2.18. The van der Waals surface area contributed by atoms with Gasteiger partial charge in [0, 0.05) is 19.3 Å². The van der Waals surface area contributed by atoms with Crippen molar-refractivity contribution in [1.29, 1.82) is 5.26 Å². The minimum atomic E-state index is 0.119. The number of nitrogens with zero attached hydrogens (tertiary/aromatic N) is 2. The average molecular weight is 302 g/mol. The van der Waals surface area contributed by atoms with Gasteiger partial charge < -0.3 is 4.90 Å². The van der Waals surface area contributed by atoms with E-state index in [0.29, 0.717) is 19.4 Å². The predicted octanol–water partition coefficient (Wildman–Crippen LogP) is 3.81. The highest BCUT2D eigenvalue weighted by Crippen LogP contribution is 2.08. The molecule has 2 aromatic rings.